The Kier molecular flexibility index (Phi) is 6.26. The highest BCUT2D eigenvalue weighted by atomic mass is 19.1. The number of imidazole rings is 1. The van der Waals surface area contributed by atoms with E-state index in [1.165, 1.54) is 12.1 Å². The number of halogens is 1. The van der Waals surface area contributed by atoms with Gasteiger partial charge >= 0.3 is 0 Å². The fourth-order valence-corrected chi connectivity index (χ4v) is 5.18. The van der Waals surface area contributed by atoms with Crippen molar-refractivity contribution >= 4 is 23.2 Å². The average molecular weight is 510 g/mol. The first-order chi connectivity index (χ1) is 18.5. The molecule has 1 aliphatic carbocycles. The van der Waals surface area contributed by atoms with E-state index >= 15 is 4.39 Å². The minimum atomic E-state index is -0.649. The molecule has 8 nitrogen and oxygen atoms in total. The summed E-state index contributed by atoms with van der Waals surface area (Å²) >= 11 is 0. The Bertz CT molecular complexity index is 1600. The molecule has 2 aliphatic rings. The Hall–Kier alpha value is -4.29. The van der Waals surface area contributed by atoms with E-state index in [-0.39, 0.29) is 17.4 Å². The molecule has 0 spiro atoms. The molecule has 1 aromatic carbocycles. The predicted molar refractivity (Wildman–Crippen MR) is 144 cm³/mol. The third kappa shape index (κ3) is 4.59. The number of anilines is 2. The number of hydrogen-bond donors (Lipinski definition) is 2. The second-order valence-corrected chi connectivity index (χ2v) is 9.89. The van der Waals surface area contributed by atoms with E-state index in [0.717, 1.165) is 55.7 Å². The van der Waals surface area contributed by atoms with Crippen LogP contribution in [0.2, 0.25) is 0 Å². The second-order valence-electron chi connectivity index (χ2n) is 9.89. The van der Waals surface area contributed by atoms with Crippen LogP contribution in [0.5, 0.6) is 0 Å². The molecule has 0 bridgehead atoms. The van der Waals surface area contributed by atoms with Crippen LogP contribution in [0.15, 0.2) is 48.8 Å². The highest BCUT2D eigenvalue weighted by Gasteiger charge is 2.29. The van der Waals surface area contributed by atoms with Crippen molar-refractivity contribution in [1.29, 1.82) is 0 Å². The van der Waals surface area contributed by atoms with E-state index in [2.05, 4.69) is 32.0 Å². The maximum absolute atomic E-state index is 15.3. The third-order valence-corrected chi connectivity index (χ3v) is 7.29. The molecule has 4 aromatic rings. The Morgan fingerprint density at radius 3 is 2.76 bits per heavy atom. The molecule has 6 rings (SSSR count). The molecule has 38 heavy (non-hydrogen) atoms. The van der Waals surface area contributed by atoms with Gasteiger partial charge in [-0.2, -0.15) is 0 Å². The fraction of sp³-hybridized carbons (Fsp3) is 0.310. The SMILES string of the molecule is CC#CCN1CCC(c2nc(-c3ccc(C(=O)Nc4cc(C5CC5)ccn4)c(F)c3)n3c(N)nccc23)C1. The maximum atomic E-state index is 15.3. The van der Waals surface area contributed by atoms with Crippen LogP contribution in [-0.2, 0) is 0 Å². The van der Waals surface area contributed by atoms with Crippen molar-refractivity contribution < 1.29 is 9.18 Å². The smallest absolute Gasteiger partial charge is 0.259 e. The molecule has 3 aromatic heterocycles. The normalized spacial score (nSPS) is 17.4. The quantitative estimate of drug-likeness (QED) is 0.372. The third-order valence-electron chi connectivity index (χ3n) is 7.29. The van der Waals surface area contributed by atoms with Gasteiger partial charge in [-0.25, -0.2) is 19.3 Å². The average Bonchev–Trinajstić information content (AvgIpc) is 3.54. The lowest BCUT2D eigenvalue weighted by Crippen LogP contribution is -2.20. The number of fused-ring (bicyclic) bond motifs is 1. The van der Waals surface area contributed by atoms with Crippen molar-refractivity contribution in [2.45, 2.75) is 38.0 Å². The van der Waals surface area contributed by atoms with Gasteiger partial charge in [0.15, 0.2) is 0 Å². The number of amides is 1. The van der Waals surface area contributed by atoms with Crippen molar-refractivity contribution in [1.82, 2.24) is 24.3 Å². The van der Waals surface area contributed by atoms with Gasteiger partial charge in [0.1, 0.15) is 17.5 Å². The van der Waals surface area contributed by atoms with Crippen molar-refractivity contribution in [3.05, 3.63) is 71.4 Å². The molecule has 0 radical (unpaired) electrons. The number of nitrogens with one attached hydrogen (secondary N) is 1. The summed E-state index contributed by atoms with van der Waals surface area (Å²) in [6.45, 7) is 4.35. The summed E-state index contributed by atoms with van der Waals surface area (Å²) in [5, 5.41) is 2.72. The van der Waals surface area contributed by atoms with E-state index in [1.54, 1.807) is 22.9 Å². The standard InChI is InChI=1S/C29H28FN7O/c1-2-3-13-36-14-10-21(17-36)26-24-9-12-33-29(31)37(24)27(35-26)20-6-7-22(23(30)15-20)28(38)34-25-16-19(8-11-32-25)18-4-5-18/h6-9,11-12,15-16,18,21H,4-5,10,13-14,17H2,1H3,(H2,31,33)(H,32,34,38). The molecule has 1 unspecified atom stereocenters. The number of hydrogen-bond acceptors (Lipinski definition) is 6. The highest BCUT2D eigenvalue weighted by molar-refractivity contribution is 6.04. The van der Waals surface area contributed by atoms with Crippen molar-refractivity contribution in [3.8, 4) is 23.2 Å². The van der Waals surface area contributed by atoms with Crippen LogP contribution < -0.4 is 11.1 Å². The number of nitrogen functional groups attached to an aromatic ring is 1. The predicted octanol–water partition coefficient (Wildman–Crippen LogP) is 4.45. The Labute approximate surface area is 220 Å². The number of nitrogens with zero attached hydrogens (tertiary/aromatic N) is 5. The summed E-state index contributed by atoms with van der Waals surface area (Å²) in [6, 6.07) is 10.2. The van der Waals surface area contributed by atoms with Gasteiger partial charge in [-0.05, 0) is 74.5 Å². The van der Waals surface area contributed by atoms with Crippen LogP contribution >= 0.6 is 0 Å². The Morgan fingerprint density at radius 2 is 1.97 bits per heavy atom. The van der Waals surface area contributed by atoms with Gasteiger partial charge in [0, 0.05) is 30.4 Å². The van der Waals surface area contributed by atoms with E-state index < -0.39 is 11.7 Å². The molecule has 1 amide bonds. The summed E-state index contributed by atoms with van der Waals surface area (Å²) in [7, 11) is 0. The molecule has 1 saturated carbocycles. The van der Waals surface area contributed by atoms with E-state index in [4.69, 9.17) is 10.7 Å². The maximum Gasteiger partial charge on any atom is 0.259 e. The van der Waals surface area contributed by atoms with Gasteiger partial charge in [-0.1, -0.05) is 12.0 Å². The van der Waals surface area contributed by atoms with Crippen molar-refractivity contribution in [2.75, 3.05) is 30.7 Å². The number of carbonyl (C=O) groups is 1. The minimum Gasteiger partial charge on any atom is -0.369 e. The Balaban J connectivity index is 1.29. The number of likely N-dealkylation sites (tertiary alicyclic amines) is 1. The number of rotatable bonds is 6. The number of benzene rings is 1. The van der Waals surface area contributed by atoms with Gasteiger partial charge < -0.3 is 11.1 Å². The monoisotopic (exact) mass is 509 g/mol. The van der Waals surface area contributed by atoms with Gasteiger partial charge in [0.25, 0.3) is 5.91 Å². The first-order valence-electron chi connectivity index (χ1n) is 12.8. The largest absolute Gasteiger partial charge is 0.369 e. The zero-order valence-electron chi connectivity index (χ0n) is 21.1. The van der Waals surface area contributed by atoms with Gasteiger partial charge in [-0.3, -0.25) is 14.1 Å². The van der Waals surface area contributed by atoms with Crippen LogP contribution in [0.3, 0.4) is 0 Å². The van der Waals surface area contributed by atoms with E-state index in [0.29, 0.717) is 23.1 Å². The second kappa shape index (κ2) is 9.88. The molecular formula is C29H28FN7O. The molecule has 1 atom stereocenters. The fourth-order valence-electron chi connectivity index (χ4n) is 5.18. The molecule has 2 fully saturated rings. The summed E-state index contributed by atoms with van der Waals surface area (Å²) < 4.78 is 17.1. The molecule has 9 heteroatoms. The van der Waals surface area contributed by atoms with Crippen LogP contribution in [0.4, 0.5) is 16.2 Å². The van der Waals surface area contributed by atoms with Crippen molar-refractivity contribution in [2.24, 2.45) is 0 Å². The molecular weight excluding hydrogens is 481 g/mol. The number of carbonyl (C=O) groups excluding carboxylic acids is 1. The summed E-state index contributed by atoms with van der Waals surface area (Å²) in [6.07, 6.45) is 6.57. The lowest BCUT2D eigenvalue weighted by Gasteiger charge is -2.11. The van der Waals surface area contributed by atoms with Crippen LogP contribution in [0.25, 0.3) is 16.9 Å². The topological polar surface area (TPSA) is 101 Å². The number of aromatic nitrogens is 4. The zero-order chi connectivity index (χ0) is 26.2. The summed E-state index contributed by atoms with van der Waals surface area (Å²) in [4.78, 5) is 28.6. The molecule has 4 heterocycles. The zero-order valence-corrected chi connectivity index (χ0v) is 21.1. The van der Waals surface area contributed by atoms with E-state index in [1.807, 2.05) is 25.1 Å². The van der Waals surface area contributed by atoms with Crippen LogP contribution in [0.1, 0.15) is 59.6 Å². The first-order valence-corrected chi connectivity index (χ1v) is 12.8. The van der Waals surface area contributed by atoms with Crippen LogP contribution in [0, 0.1) is 17.7 Å². The number of nitrogens with two attached hydrogens (primary N) is 1. The minimum absolute atomic E-state index is 0.0666. The molecule has 1 saturated heterocycles. The summed E-state index contributed by atoms with van der Waals surface area (Å²) in [5.41, 5.74) is 9.61. The van der Waals surface area contributed by atoms with Gasteiger partial charge in [0.2, 0.25) is 5.95 Å². The molecule has 192 valence electrons. The molecule has 3 N–H and O–H groups in total. The highest BCUT2D eigenvalue weighted by Crippen LogP contribution is 2.40. The lowest BCUT2D eigenvalue weighted by atomic mass is 10.0. The van der Waals surface area contributed by atoms with Crippen molar-refractivity contribution in [3.63, 3.8) is 0 Å². The first kappa shape index (κ1) is 24.1. The van der Waals surface area contributed by atoms with Crippen LogP contribution in [-0.4, -0.2) is 49.8 Å². The van der Waals surface area contributed by atoms with E-state index in [9.17, 15) is 4.79 Å². The summed E-state index contributed by atoms with van der Waals surface area (Å²) in [5.74, 6) is 6.79. The molecule has 1 aliphatic heterocycles. The van der Waals surface area contributed by atoms with Gasteiger partial charge in [-0.15, -0.1) is 5.92 Å². The lowest BCUT2D eigenvalue weighted by molar-refractivity contribution is 0.102. The van der Waals surface area contributed by atoms with Gasteiger partial charge in [0.05, 0.1) is 23.3 Å². The Morgan fingerprint density at radius 1 is 1.13 bits per heavy atom. The number of pyridine rings is 1.